The Labute approximate surface area is 79.1 Å². The Morgan fingerprint density at radius 2 is 2.08 bits per heavy atom. The van der Waals surface area contributed by atoms with Gasteiger partial charge in [0.05, 0.1) is 12.7 Å². The molecule has 1 N–H and O–H groups in total. The molecule has 1 atom stereocenters. The van der Waals surface area contributed by atoms with Gasteiger partial charge in [0, 0.05) is 6.42 Å². The second-order valence-corrected chi connectivity index (χ2v) is 3.05. The van der Waals surface area contributed by atoms with E-state index in [1.54, 1.807) is 0 Å². The summed E-state index contributed by atoms with van der Waals surface area (Å²) in [5.74, 6) is 0. The van der Waals surface area contributed by atoms with Crippen molar-refractivity contribution in [1.82, 2.24) is 0 Å². The van der Waals surface area contributed by atoms with Crippen LogP contribution in [0.1, 0.15) is 18.9 Å². The molecule has 0 bridgehead atoms. The highest BCUT2D eigenvalue weighted by Gasteiger charge is 1.99. The van der Waals surface area contributed by atoms with Gasteiger partial charge >= 0.3 is 0 Å². The first-order valence-electron chi connectivity index (χ1n) is 4.47. The molecule has 0 heterocycles. The molecule has 0 spiro atoms. The third-order valence-electron chi connectivity index (χ3n) is 1.83. The molecule has 0 radical (unpaired) electrons. The lowest BCUT2D eigenvalue weighted by Gasteiger charge is -2.09. The maximum absolute atomic E-state index is 6.91. The molecule has 0 amide bonds. The van der Waals surface area contributed by atoms with E-state index < -0.39 is 0 Å². The Morgan fingerprint density at radius 1 is 1.38 bits per heavy atom. The van der Waals surface area contributed by atoms with Crippen molar-refractivity contribution >= 4 is 6.21 Å². The molecule has 2 heteroatoms. The van der Waals surface area contributed by atoms with Gasteiger partial charge < -0.3 is 10.1 Å². The molecular weight excluding hydrogens is 162 g/mol. The van der Waals surface area contributed by atoms with Crippen LogP contribution in [0.25, 0.3) is 0 Å². The number of hydrogen-bond acceptors (Lipinski definition) is 2. The zero-order valence-electron chi connectivity index (χ0n) is 7.86. The Bertz CT molecular complexity index is 246. The predicted octanol–water partition coefficient (Wildman–Crippen LogP) is 2.63. The summed E-state index contributed by atoms with van der Waals surface area (Å²) in [5, 5.41) is 6.91. The first-order chi connectivity index (χ1) is 6.33. The van der Waals surface area contributed by atoms with Gasteiger partial charge in [-0.25, -0.2) is 0 Å². The Morgan fingerprint density at radius 3 is 2.69 bits per heavy atom. The fraction of sp³-hybridized carbons (Fsp3) is 0.364. The molecule has 70 valence electrons. The van der Waals surface area contributed by atoms with E-state index in [1.165, 1.54) is 11.8 Å². The molecule has 1 rings (SSSR count). The Hall–Kier alpha value is -1.15. The van der Waals surface area contributed by atoms with Crippen LogP contribution in [-0.2, 0) is 11.3 Å². The fourth-order valence-corrected chi connectivity index (χ4v) is 1.05. The molecule has 0 unspecified atom stereocenters. The van der Waals surface area contributed by atoms with Crippen LogP contribution < -0.4 is 0 Å². The van der Waals surface area contributed by atoms with E-state index in [0.717, 1.165) is 0 Å². The predicted molar refractivity (Wildman–Crippen MR) is 54.1 cm³/mol. The first-order valence-corrected chi connectivity index (χ1v) is 4.47. The first kappa shape index (κ1) is 9.93. The van der Waals surface area contributed by atoms with Gasteiger partial charge in [-0.2, -0.15) is 0 Å². The minimum absolute atomic E-state index is 0.137. The van der Waals surface area contributed by atoms with Crippen LogP contribution in [-0.4, -0.2) is 12.3 Å². The van der Waals surface area contributed by atoms with Crippen molar-refractivity contribution in [1.29, 1.82) is 5.41 Å². The van der Waals surface area contributed by atoms with E-state index in [4.69, 9.17) is 10.1 Å². The fourth-order valence-electron chi connectivity index (χ4n) is 1.05. The molecule has 13 heavy (non-hydrogen) atoms. The number of ether oxygens (including phenoxy) is 1. The van der Waals surface area contributed by atoms with Gasteiger partial charge in [-0.1, -0.05) is 30.3 Å². The molecule has 2 nitrogen and oxygen atoms in total. The van der Waals surface area contributed by atoms with Crippen LogP contribution in [0.3, 0.4) is 0 Å². The van der Waals surface area contributed by atoms with Crippen molar-refractivity contribution in [2.45, 2.75) is 26.1 Å². The van der Waals surface area contributed by atoms with E-state index in [9.17, 15) is 0 Å². The normalized spacial score (nSPS) is 12.4. The average Bonchev–Trinajstić information content (AvgIpc) is 2.17. The number of rotatable bonds is 5. The largest absolute Gasteiger partial charge is 0.373 e. The van der Waals surface area contributed by atoms with E-state index in [2.05, 4.69) is 0 Å². The van der Waals surface area contributed by atoms with Gasteiger partial charge in [0.15, 0.2) is 0 Å². The van der Waals surface area contributed by atoms with Crippen LogP contribution in [0.15, 0.2) is 30.3 Å². The SMILES string of the molecule is C[C@H](CC=N)OCc1ccccc1. The Kier molecular flexibility index (Phi) is 4.19. The summed E-state index contributed by atoms with van der Waals surface area (Å²) >= 11 is 0. The number of hydrogen-bond donors (Lipinski definition) is 1. The summed E-state index contributed by atoms with van der Waals surface area (Å²) in [7, 11) is 0. The van der Waals surface area contributed by atoms with Crippen molar-refractivity contribution in [3.63, 3.8) is 0 Å². The standard InChI is InChI=1S/C11H15NO/c1-10(7-8-12)13-9-11-5-3-2-4-6-11/h2-6,8,10,12H,7,9H2,1H3/t10-/m1/s1. The van der Waals surface area contributed by atoms with Gasteiger partial charge in [0.25, 0.3) is 0 Å². The number of benzene rings is 1. The van der Waals surface area contributed by atoms with Gasteiger partial charge in [0.2, 0.25) is 0 Å². The maximum Gasteiger partial charge on any atom is 0.0720 e. The average molecular weight is 177 g/mol. The summed E-state index contributed by atoms with van der Waals surface area (Å²) in [6, 6.07) is 10.1. The van der Waals surface area contributed by atoms with Crippen LogP contribution >= 0.6 is 0 Å². The molecule has 0 fully saturated rings. The second kappa shape index (κ2) is 5.49. The third-order valence-corrected chi connectivity index (χ3v) is 1.83. The summed E-state index contributed by atoms with van der Waals surface area (Å²) in [4.78, 5) is 0. The monoisotopic (exact) mass is 177 g/mol. The van der Waals surface area contributed by atoms with E-state index in [0.29, 0.717) is 13.0 Å². The lowest BCUT2D eigenvalue weighted by molar-refractivity contribution is 0.0586. The van der Waals surface area contributed by atoms with Crippen molar-refractivity contribution in [3.05, 3.63) is 35.9 Å². The molecule has 0 aliphatic carbocycles. The highest BCUT2D eigenvalue weighted by molar-refractivity contribution is 5.53. The molecule has 0 saturated heterocycles. The van der Waals surface area contributed by atoms with E-state index in [-0.39, 0.29) is 6.10 Å². The molecule has 0 aliphatic rings. The molecular formula is C11H15NO. The van der Waals surface area contributed by atoms with Gasteiger partial charge in [-0.3, -0.25) is 0 Å². The van der Waals surface area contributed by atoms with E-state index in [1.807, 2.05) is 37.3 Å². The summed E-state index contributed by atoms with van der Waals surface area (Å²) in [6.07, 6.45) is 2.21. The summed E-state index contributed by atoms with van der Waals surface area (Å²) < 4.78 is 5.52. The van der Waals surface area contributed by atoms with Crippen LogP contribution in [0.4, 0.5) is 0 Å². The quantitative estimate of drug-likeness (QED) is 0.689. The van der Waals surface area contributed by atoms with E-state index >= 15 is 0 Å². The highest BCUT2D eigenvalue weighted by atomic mass is 16.5. The molecule has 0 aromatic heterocycles. The van der Waals surface area contributed by atoms with Crippen LogP contribution in [0.5, 0.6) is 0 Å². The second-order valence-electron chi connectivity index (χ2n) is 3.05. The zero-order valence-corrected chi connectivity index (χ0v) is 7.86. The van der Waals surface area contributed by atoms with Crippen molar-refractivity contribution in [2.75, 3.05) is 0 Å². The highest BCUT2D eigenvalue weighted by Crippen LogP contribution is 2.04. The van der Waals surface area contributed by atoms with Crippen LogP contribution in [0.2, 0.25) is 0 Å². The molecule has 1 aromatic carbocycles. The number of nitrogens with one attached hydrogen (secondary N) is 1. The molecule has 0 aliphatic heterocycles. The smallest absolute Gasteiger partial charge is 0.0720 e. The zero-order chi connectivity index (χ0) is 9.52. The van der Waals surface area contributed by atoms with Crippen molar-refractivity contribution < 1.29 is 4.74 Å². The minimum atomic E-state index is 0.137. The minimum Gasteiger partial charge on any atom is -0.373 e. The topological polar surface area (TPSA) is 33.1 Å². The van der Waals surface area contributed by atoms with Crippen molar-refractivity contribution in [2.24, 2.45) is 0 Å². The van der Waals surface area contributed by atoms with Crippen LogP contribution in [0, 0.1) is 5.41 Å². The Balaban J connectivity index is 2.30. The maximum atomic E-state index is 6.91. The van der Waals surface area contributed by atoms with Gasteiger partial charge in [-0.05, 0) is 18.7 Å². The summed E-state index contributed by atoms with van der Waals surface area (Å²) in [6.45, 7) is 2.61. The molecule has 1 aromatic rings. The third kappa shape index (κ3) is 3.85. The molecule has 0 saturated carbocycles. The van der Waals surface area contributed by atoms with Crippen molar-refractivity contribution in [3.8, 4) is 0 Å². The lowest BCUT2D eigenvalue weighted by atomic mass is 10.2. The van der Waals surface area contributed by atoms with Gasteiger partial charge in [-0.15, -0.1) is 0 Å². The summed E-state index contributed by atoms with van der Waals surface area (Å²) in [5.41, 5.74) is 1.18. The van der Waals surface area contributed by atoms with Gasteiger partial charge in [0.1, 0.15) is 0 Å². The lowest BCUT2D eigenvalue weighted by Crippen LogP contribution is -2.08.